The molecule has 0 heterocycles. The lowest BCUT2D eigenvalue weighted by Gasteiger charge is -2.30. The highest BCUT2D eigenvalue weighted by molar-refractivity contribution is 5.78. The van der Waals surface area contributed by atoms with Crippen molar-refractivity contribution in [2.75, 3.05) is 13.1 Å². The van der Waals surface area contributed by atoms with E-state index in [2.05, 4.69) is 37.9 Å². The molecule has 0 aromatic carbocycles. The molecular weight excluding hydrogens is 236 g/mol. The van der Waals surface area contributed by atoms with Gasteiger partial charge in [0.15, 0.2) is 0 Å². The predicted octanol–water partition coefficient (Wildman–Crippen LogP) is 3.19. The second-order valence-corrected chi connectivity index (χ2v) is 6.40. The summed E-state index contributed by atoms with van der Waals surface area (Å²) in [5, 5.41) is 3.33. The highest BCUT2D eigenvalue weighted by Crippen LogP contribution is 2.24. The number of amides is 1. The van der Waals surface area contributed by atoms with E-state index in [9.17, 15) is 4.79 Å². The van der Waals surface area contributed by atoms with Crippen LogP contribution in [0.4, 0.5) is 0 Å². The fourth-order valence-corrected chi connectivity index (χ4v) is 2.63. The SMILES string of the molecule is CCC(C)NCC(=O)N(CCC(C)C)C1CCCC1. The van der Waals surface area contributed by atoms with Crippen molar-refractivity contribution in [2.24, 2.45) is 5.92 Å². The minimum Gasteiger partial charge on any atom is -0.339 e. The Morgan fingerprint density at radius 3 is 2.42 bits per heavy atom. The first-order valence-electron chi connectivity index (χ1n) is 8.07. The van der Waals surface area contributed by atoms with Crippen LogP contribution in [0.25, 0.3) is 0 Å². The minimum absolute atomic E-state index is 0.299. The van der Waals surface area contributed by atoms with Crippen molar-refractivity contribution in [1.82, 2.24) is 10.2 Å². The van der Waals surface area contributed by atoms with Crippen molar-refractivity contribution in [3.8, 4) is 0 Å². The largest absolute Gasteiger partial charge is 0.339 e. The number of carbonyl (C=O) groups is 1. The molecule has 0 saturated heterocycles. The van der Waals surface area contributed by atoms with E-state index < -0.39 is 0 Å². The second kappa shape index (κ2) is 8.57. The molecule has 3 nitrogen and oxygen atoms in total. The Bertz CT molecular complexity index is 259. The Kier molecular flexibility index (Phi) is 7.44. The van der Waals surface area contributed by atoms with Crippen LogP contribution in [-0.4, -0.2) is 36.0 Å². The van der Waals surface area contributed by atoms with Crippen LogP contribution in [0.15, 0.2) is 0 Å². The van der Waals surface area contributed by atoms with Gasteiger partial charge in [0.2, 0.25) is 5.91 Å². The van der Waals surface area contributed by atoms with Gasteiger partial charge in [-0.25, -0.2) is 0 Å². The Morgan fingerprint density at radius 2 is 1.89 bits per heavy atom. The Morgan fingerprint density at radius 1 is 1.26 bits per heavy atom. The molecule has 1 unspecified atom stereocenters. The van der Waals surface area contributed by atoms with Gasteiger partial charge in [-0.15, -0.1) is 0 Å². The first-order valence-corrected chi connectivity index (χ1v) is 8.07. The fourth-order valence-electron chi connectivity index (χ4n) is 2.63. The Labute approximate surface area is 119 Å². The van der Waals surface area contributed by atoms with Crippen LogP contribution >= 0.6 is 0 Å². The molecule has 1 fully saturated rings. The van der Waals surface area contributed by atoms with Crippen molar-refractivity contribution < 1.29 is 4.79 Å². The molecule has 0 radical (unpaired) electrons. The molecule has 1 saturated carbocycles. The first kappa shape index (κ1) is 16.5. The van der Waals surface area contributed by atoms with Gasteiger partial charge in [-0.2, -0.15) is 0 Å². The molecule has 112 valence electrons. The molecular formula is C16H32N2O. The second-order valence-electron chi connectivity index (χ2n) is 6.40. The number of nitrogens with one attached hydrogen (secondary N) is 1. The monoisotopic (exact) mass is 268 g/mol. The third kappa shape index (κ3) is 5.94. The summed E-state index contributed by atoms with van der Waals surface area (Å²) in [4.78, 5) is 14.6. The zero-order chi connectivity index (χ0) is 14.3. The molecule has 1 rings (SSSR count). The van der Waals surface area contributed by atoms with E-state index in [1.165, 1.54) is 25.7 Å². The van der Waals surface area contributed by atoms with Crippen LogP contribution in [0.5, 0.6) is 0 Å². The number of carbonyl (C=O) groups excluding carboxylic acids is 1. The summed E-state index contributed by atoms with van der Waals surface area (Å²) in [5.41, 5.74) is 0. The third-order valence-electron chi connectivity index (χ3n) is 4.25. The minimum atomic E-state index is 0.299. The summed E-state index contributed by atoms with van der Waals surface area (Å²) in [6.07, 6.45) is 7.17. The molecule has 1 aliphatic carbocycles. The topological polar surface area (TPSA) is 32.3 Å². The van der Waals surface area contributed by atoms with Gasteiger partial charge in [-0.05, 0) is 38.5 Å². The molecule has 19 heavy (non-hydrogen) atoms. The Hall–Kier alpha value is -0.570. The summed E-state index contributed by atoms with van der Waals surface area (Å²) in [5.74, 6) is 0.965. The molecule has 0 aromatic heterocycles. The number of hydrogen-bond acceptors (Lipinski definition) is 2. The van der Waals surface area contributed by atoms with Crippen molar-refractivity contribution in [3.05, 3.63) is 0 Å². The van der Waals surface area contributed by atoms with E-state index in [1.807, 2.05) is 0 Å². The van der Waals surface area contributed by atoms with Gasteiger partial charge in [-0.3, -0.25) is 4.79 Å². The predicted molar refractivity (Wildman–Crippen MR) is 81.2 cm³/mol. The molecule has 3 heteroatoms. The average molecular weight is 268 g/mol. The van der Waals surface area contributed by atoms with Crippen molar-refractivity contribution in [1.29, 1.82) is 0 Å². The van der Waals surface area contributed by atoms with Gasteiger partial charge in [0.05, 0.1) is 6.54 Å². The van der Waals surface area contributed by atoms with Gasteiger partial charge in [-0.1, -0.05) is 33.6 Å². The zero-order valence-corrected chi connectivity index (χ0v) is 13.2. The van der Waals surface area contributed by atoms with Gasteiger partial charge in [0.25, 0.3) is 0 Å². The van der Waals surface area contributed by atoms with E-state index in [0.717, 1.165) is 19.4 Å². The van der Waals surface area contributed by atoms with E-state index in [1.54, 1.807) is 0 Å². The van der Waals surface area contributed by atoms with Crippen molar-refractivity contribution in [2.45, 2.75) is 78.3 Å². The highest BCUT2D eigenvalue weighted by atomic mass is 16.2. The molecule has 1 atom stereocenters. The maximum absolute atomic E-state index is 12.4. The zero-order valence-electron chi connectivity index (χ0n) is 13.2. The molecule has 0 aromatic rings. The van der Waals surface area contributed by atoms with E-state index in [0.29, 0.717) is 30.5 Å². The van der Waals surface area contributed by atoms with Crippen LogP contribution in [0.3, 0.4) is 0 Å². The fraction of sp³-hybridized carbons (Fsp3) is 0.938. The van der Waals surface area contributed by atoms with Crippen LogP contribution in [-0.2, 0) is 4.79 Å². The van der Waals surface area contributed by atoms with E-state index in [-0.39, 0.29) is 0 Å². The lowest BCUT2D eigenvalue weighted by atomic mass is 10.1. The smallest absolute Gasteiger partial charge is 0.236 e. The number of nitrogens with zero attached hydrogens (tertiary/aromatic N) is 1. The van der Waals surface area contributed by atoms with Crippen LogP contribution in [0.1, 0.15) is 66.2 Å². The molecule has 0 aliphatic heterocycles. The van der Waals surface area contributed by atoms with Crippen LogP contribution < -0.4 is 5.32 Å². The van der Waals surface area contributed by atoms with Gasteiger partial charge in [0.1, 0.15) is 0 Å². The summed E-state index contributed by atoms with van der Waals surface area (Å²) in [7, 11) is 0. The molecule has 1 N–H and O–H groups in total. The molecule has 0 bridgehead atoms. The number of rotatable bonds is 8. The quantitative estimate of drug-likeness (QED) is 0.733. The summed E-state index contributed by atoms with van der Waals surface area (Å²) in [6.45, 7) is 10.2. The summed E-state index contributed by atoms with van der Waals surface area (Å²) >= 11 is 0. The van der Waals surface area contributed by atoms with Crippen LogP contribution in [0.2, 0.25) is 0 Å². The van der Waals surface area contributed by atoms with E-state index >= 15 is 0 Å². The third-order valence-corrected chi connectivity index (χ3v) is 4.25. The highest BCUT2D eigenvalue weighted by Gasteiger charge is 2.26. The number of hydrogen-bond donors (Lipinski definition) is 1. The molecule has 1 amide bonds. The normalized spacial score (nSPS) is 17.9. The maximum atomic E-state index is 12.4. The standard InChI is InChI=1S/C16H32N2O/c1-5-14(4)17-12-16(19)18(11-10-13(2)3)15-8-6-7-9-15/h13-15,17H,5-12H2,1-4H3. The van der Waals surface area contributed by atoms with Gasteiger partial charge < -0.3 is 10.2 Å². The summed E-state index contributed by atoms with van der Waals surface area (Å²) < 4.78 is 0. The van der Waals surface area contributed by atoms with E-state index in [4.69, 9.17) is 0 Å². The molecule has 0 spiro atoms. The Balaban J connectivity index is 2.48. The van der Waals surface area contributed by atoms with Crippen molar-refractivity contribution >= 4 is 5.91 Å². The van der Waals surface area contributed by atoms with Crippen molar-refractivity contribution in [3.63, 3.8) is 0 Å². The van der Waals surface area contributed by atoms with Gasteiger partial charge >= 0.3 is 0 Å². The van der Waals surface area contributed by atoms with Gasteiger partial charge in [0, 0.05) is 18.6 Å². The molecule has 1 aliphatic rings. The maximum Gasteiger partial charge on any atom is 0.236 e. The average Bonchev–Trinajstić information content (AvgIpc) is 2.89. The first-order chi connectivity index (χ1) is 9.04. The lowest BCUT2D eigenvalue weighted by Crippen LogP contribution is -2.45. The van der Waals surface area contributed by atoms with Crippen LogP contribution in [0, 0.1) is 5.92 Å². The summed E-state index contributed by atoms with van der Waals surface area (Å²) in [6, 6.07) is 0.935. The lowest BCUT2D eigenvalue weighted by molar-refractivity contribution is -0.132.